The van der Waals surface area contributed by atoms with Crippen LogP contribution in [-0.2, 0) is 9.59 Å². The fraction of sp³-hybridized carbons (Fsp3) is 0.182. The molecule has 0 spiro atoms. The lowest BCUT2D eigenvalue weighted by Gasteiger charge is -2.01. The summed E-state index contributed by atoms with van der Waals surface area (Å²) in [6, 6.07) is 4.65. The van der Waals surface area contributed by atoms with E-state index in [-0.39, 0.29) is 18.5 Å². The van der Waals surface area contributed by atoms with Crippen LogP contribution in [0.4, 0.5) is 0 Å². The van der Waals surface area contributed by atoms with E-state index in [1.165, 1.54) is 12.3 Å². The zero-order valence-corrected chi connectivity index (χ0v) is 9.74. The number of carbonyl (C=O) groups is 3. The Labute approximate surface area is 107 Å². The van der Waals surface area contributed by atoms with Crippen LogP contribution >= 0.6 is 0 Å². The molecule has 0 bridgehead atoms. The fourth-order valence-electron chi connectivity index (χ4n) is 1.11. The molecule has 0 aromatic carbocycles. The Bertz CT molecular complexity index is 512. The van der Waals surface area contributed by atoms with Crippen molar-refractivity contribution < 1.29 is 24.6 Å². The van der Waals surface area contributed by atoms with Crippen LogP contribution in [-0.4, -0.2) is 38.8 Å². The molecule has 0 fully saturated rings. The highest BCUT2D eigenvalue weighted by atomic mass is 16.4. The normalized spacial score (nSPS) is 10.8. The molecular formula is C11H11N3O5. The van der Waals surface area contributed by atoms with Gasteiger partial charge >= 0.3 is 11.9 Å². The number of carboxylic acids is 2. The van der Waals surface area contributed by atoms with Crippen molar-refractivity contribution in [3.63, 3.8) is 0 Å². The van der Waals surface area contributed by atoms with Crippen LogP contribution < -0.4 is 5.43 Å². The number of rotatable bonds is 6. The third kappa shape index (κ3) is 4.94. The number of carbonyl (C=O) groups excluding carboxylic acids is 1. The number of hydrogen-bond donors (Lipinski definition) is 3. The van der Waals surface area contributed by atoms with Gasteiger partial charge in [0, 0.05) is 12.6 Å². The number of pyridine rings is 1. The summed E-state index contributed by atoms with van der Waals surface area (Å²) >= 11 is 0. The van der Waals surface area contributed by atoms with Gasteiger partial charge in [-0.1, -0.05) is 6.07 Å². The highest BCUT2D eigenvalue weighted by Gasteiger charge is 2.13. The summed E-state index contributed by atoms with van der Waals surface area (Å²) in [6.45, 7) is 0. The number of nitrogens with one attached hydrogen (secondary N) is 1. The third-order valence-corrected chi connectivity index (χ3v) is 2.01. The fourth-order valence-corrected chi connectivity index (χ4v) is 1.11. The summed E-state index contributed by atoms with van der Waals surface area (Å²) in [5.74, 6) is -3.21. The molecular weight excluding hydrogens is 254 g/mol. The van der Waals surface area contributed by atoms with E-state index < -0.39 is 23.6 Å². The van der Waals surface area contributed by atoms with Crippen LogP contribution in [0.15, 0.2) is 29.5 Å². The molecule has 0 aliphatic rings. The molecule has 1 rings (SSSR count). The molecule has 1 aromatic rings. The lowest BCUT2D eigenvalue weighted by Crippen LogP contribution is -2.24. The van der Waals surface area contributed by atoms with Gasteiger partial charge in [-0.3, -0.25) is 14.6 Å². The second kappa shape index (κ2) is 6.84. The minimum absolute atomic E-state index is 0.0780. The van der Waals surface area contributed by atoms with Gasteiger partial charge < -0.3 is 10.2 Å². The van der Waals surface area contributed by atoms with Crippen molar-refractivity contribution in [3.8, 4) is 0 Å². The van der Waals surface area contributed by atoms with Gasteiger partial charge in [0.1, 0.15) is 11.4 Å². The average molecular weight is 265 g/mol. The van der Waals surface area contributed by atoms with E-state index in [2.05, 4.69) is 10.1 Å². The molecule has 1 aromatic heterocycles. The molecule has 3 N–H and O–H groups in total. The largest absolute Gasteiger partial charge is 0.481 e. The van der Waals surface area contributed by atoms with E-state index in [1.807, 2.05) is 5.43 Å². The monoisotopic (exact) mass is 265 g/mol. The number of hydrazone groups is 1. The van der Waals surface area contributed by atoms with Crippen molar-refractivity contribution in [2.24, 2.45) is 5.10 Å². The summed E-state index contributed by atoms with van der Waals surface area (Å²) in [5.41, 5.74) is 1.66. The number of carboxylic acid groups (broad SMARTS) is 2. The molecule has 8 nitrogen and oxygen atoms in total. The Kier molecular flexibility index (Phi) is 5.15. The van der Waals surface area contributed by atoms with E-state index in [4.69, 9.17) is 10.2 Å². The van der Waals surface area contributed by atoms with E-state index in [9.17, 15) is 14.4 Å². The number of amides is 1. The minimum Gasteiger partial charge on any atom is -0.481 e. The Morgan fingerprint density at radius 2 is 1.95 bits per heavy atom. The lowest BCUT2D eigenvalue weighted by molar-refractivity contribution is -0.136. The summed E-state index contributed by atoms with van der Waals surface area (Å²) in [7, 11) is 0. The maximum absolute atomic E-state index is 11.5. The van der Waals surface area contributed by atoms with Crippen molar-refractivity contribution in [2.75, 3.05) is 0 Å². The van der Waals surface area contributed by atoms with Gasteiger partial charge in [0.2, 0.25) is 0 Å². The Hall–Kier alpha value is -2.77. The standard InChI is InChI=1S/C11H11N3O5/c15-9(16)5-4-8(11(18)19)13-14-10(17)7-3-1-2-6-12-7/h1-3,6H,4-5H2,(H,14,17)(H,15,16)(H,18,19). The van der Waals surface area contributed by atoms with Gasteiger partial charge in [-0.2, -0.15) is 5.10 Å². The number of aromatic nitrogens is 1. The molecule has 0 unspecified atom stereocenters. The van der Waals surface area contributed by atoms with Crippen LogP contribution in [0.1, 0.15) is 23.3 Å². The van der Waals surface area contributed by atoms with Crippen molar-refractivity contribution in [3.05, 3.63) is 30.1 Å². The second-order valence-corrected chi connectivity index (χ2v) is 3.41. The zero-order chi connectivity index (χ0) is 14.3. The smallest absolute Gasteiger partial charge is 0.352 e. The van der Waals surface area contributed by atoms with Crippen LogP contribution in [0, 0.1) is 0 Å². The van der Waals surface area contributed by atoms with Gasteiger partial charge in [0.05, 0.1) is 6.42 Å². The van der Waals surface area contributed by atoms with E-state index in [1.54, 1.807) is 12.1 Å². The van der Waals surface area contributed by atoms with Crippen LogP contribution in [0.5, 0.6) is 0 Å². The zero-order valence-electron chi connectivity index (χ0n) is 9.74. The lowest BCUT2D eigenvalue weighted by atomic mass is 10.2. The molecule has 8 heteroatoms. The second-order valence-electron chi connectivity index (χ2n) is 3.41. The summed E-state index contributed by atoms with van der Waals surface area (Å²) < 4.78 is 0. The van der Waals surface area contributed by atoms with E-state index in [0.29, 0.717) is 0 Å². The predicted molar refractivity (Wildman–Crippen MR) is 63.6 cm³/mol. The first-order valence-electron chi connectivity index (χ1n) is 5.23. The highest BCUT2D eigenvalue weighted by molar-refractivity contribution is 6.35. The van der Waals surface area contributed by atoms with Crippen LogP contribution in [0.3, 0.4) is 0 Å². The van der Waals surface area contributed by atoms with E-state index >= 15 is 0 Å². The molecule has 0 saturated heterocycles. The van der Waals surface area contributed by atoms with Crippen LogP contribution in [0.25, 0.3) is 0 Å². The van der Waals surface area contributed by atoms with Crippen LogP contribution in [0.2, 0.25) is 0 Å². The molecule has 0 radical (unpaired) electrons. The SMILES string of the molecule is O=C(O)CCC(=NNC(=O)c1ccccn1)C(=O)O. The molecule has 19 heavy (non-hydrogen) atoms. The molecule has 1 amide bonds. The van der Waals surface area contributed by atoms with Crippen molar-refractivity contribution >= 4 is 23.6 Å². The van der Waals surface area contributed by atoms with Gasteiger partial charge in [-0.15, -0.1) is 0 Å². The van der Waals surface area contributed by atoms with Gasteiger partial charge in [-0.25, -0.2) is 10.2 Å². The number of hydrogen-bond acceptors (Lipinski definition) is 5. The van der Waals surface area contributed by atoms with Crippen molar-refractivity contribution in [2.45, 2.75) is 12.8 Å². The quantitative estimate of drug-likeness (QED) is 0.494. The Morgan fingerprint density at radius 3 is 2.47 bits per heavy atom. The predicted octanol–water partition coefficient (Wildman–Crippen LogP) is 0.117. The first-order valence-corrected chi connectivity index (χ1v) is 5.23. The first-order chi connectivity index (χ1) is 9.00. The Balaban J connectivity index is 2.68. The molecule has 0 saturated carbocycles. The maximum Gasteiger partial charge on any atom is 0.352 e. The summed E-state index contributed by atoms with van der Waals surface area (Å²) in [4.78, 5) is 36.4. The molecule has 0 aliphatic heterocycles. The first kappa shape index (κ1) is 14.3. The topological polar surface area (TPSA) is 129 Å². The molecule has 0 aliphatic carbocycles. The van der Waals surface area contributed by atoms with Crippen molar-refractivity contribution in [1.29, 1.82) is 0 Å². The van der Waals surface area contributed by atoms with Crippen molar-refractivity contribution in [1.82, 2.24) is 10.4 Å². The minimum atomic E-state index is -1.39. The van der Waals surface area contributed by atoms with Gasteiger partial charge in [0.25, 0.3) is 5.91 Å². The van der Waals surface area contributed by atoms with E-state index in [0.717, 1.165) is 0 Å². The van der Waals surface area contributed by atoms with Gasteiger partial charge in [-0.05, 0) is 12.1 Å². The van der Waals surface area contributed by atoms with Gasteiger partial charge in [0.15, 0.2) is 0 Å². The third-order valence-electron chi connectivity index (χ3n) is 2.01. The number of aliphatic carboxylic acids is 2. The maximum atomic E-state index is 11.5. The molecule has 100 valence electrons. The Morgan fingerprint density at radius 1 is 1.21 bits per heavy atom. The molecule has 1 heterocycles. The average Bonchev–Trinajstić information content (AvgIpc) is 2.38. The summed E-state index contributed by atoms with van der Waals surface area (Å²) in [6.07, 6.45) is 0.735. The molecule has 0 atom stereocenters. The summed E-state index contributed by atoms with van der Waals surface area (Å²) in [5, 5.41) is 20.6. The number of nitrogens with zero attached hydrogens (tertiary/aromatic N) is 2. The highest BCUT2D eigenvalue weighted by Crippen LogP contribution is 1.96.